The second-order valence-electron chi connectivity index (χ2n) is 6.09. The first-order valence-corrected chi connectivity index (χ1v) is 8.35. The molecule has 0 bridgehead atoms. The molecule has 0 atom stereocenters. The molecule has 1 aromatic heterocycles. The van der Waals surface area contributed by atoms with Crippen LogP contribution in [-0.4, -0.2) is 15.6 Å². The molecule has 5 nitrogen and oxygen atoms in total. The number of non-ortho nitro benzene ring substituents is 1. The second-order valence-corrected chi connectivity index (χ2v) is 7.01. The molecule has 1 fully saturated rings. The van der Waals surface area contributed by atoms with Crippen LogP contribution in [0, 0.1) is 10.1 Å². The van der Waals surface area contributed by atoms with Crippen molar-refractivity contribution in [1.29, 1.82) is 0 Å². The maximum atomic E-state index is 10.9. The Hall–Kier alpha value is -2.08. The van der Waals surface area contributed by atoms with E-state index in [9.17, 15) is 10.1 Å². The van der Waals surface area contributed by atoms with E-state index in [1.807, 2.05) is 18.2 Å². The highest BCUT2D eigenvalue weighted by atomic mass is 79.9. The standard InChI is InChI=1S/C17H14BrN3O2/c18-12-8-15-14(19-10-12)9-16(20-15)17(6-1-7-17)11-2-4-13(5-3-11)21(22)23/h2-5,8,10H,1,6-7,9H2. The van der Waals surface area contributed by atoms with Crippen molar-refractivity contribution >= 4 is 33.0 Å². The predicted molar refractivity (Wildman–Crippen MR) is 91.4 cm³/mol. The summed E-state index contributed by atoms with van der Waals surface area (Å²) in [7, 11) is 0. The van der Waals surface area contributed by atoms with Gasteiger partial charge in [0.15, 0.2) is 0 Å². The number of hydrogen-bond donors (Lipinski definition) is 0. The minimum Gasteiger partial charge on any atom is -0.258 e. The highest BCUT2D eigenvalue weighted by Gasteiger charge is 2.45. The van der Waals surface area contributed by atoms with Crippen LogP contribution in [0.5, 0.6) is 0 Å². The van der Waals surface area contributed by atoms with Gasteiger partial charge in [-0.2, -0.15) is 0 Å². The van der Waals surface area contributed by atoms with Gasteiger partial charge in [-0.3, -0.25) is 20.1 Å². The number of pyridine rings is 1. The average Bonchev–Trinajstić information content (AvgIpc) is 2.89. The van der Waals surface area contributed by atoms with Gasteiger partial charge in [0.05, 0.1) is 16.3 Å². The Bertz CT molecular complexity index is 826. The third-order valence-electron chi connectivity index (χ3n) is 4.89. The lowest BCUT2D eigenvalue weighted by atomic mass is 9.61. The number of nitrogens with zero attached hydrogens (tertiary/aromatic N) is 3. The van der Waals surface area contributed by atoms with Crippen LogP contribution >= 0.6 is 15.9 Å². The molecule has 0 saturated heterocycles. The molecule has 2 aliphatic rings. The van der Waals surface area contributed by atoms with Crippen molar-refractivity contribution in [2.75, 3.05) is 0 Å². The van der Waals surface area contributed by atoms with Crippen LogP contribution < -0.4 is 0 Å². The topological polar surface area (TPSA) is 68.4 Å². The maximum absolute atomic E-state index is 10.9. The summed E-state index contributed by atoms with van der Waals surface area (Å²) in [4.78, 5) is 19.8. The van der Waals surface area contributed by atoms with Crippen molar-refractivity contribution in [3.63, 3.8) is 0 Å². The van der Waals surface area contributed by atoms with E-state index in [2.05, 4.69) is 20.9 Å². The Morgan fingerprint density at radius 3 is 2.57 bits per heavy atom. The summed E-state index contributed by atoms with van der Waals surface area (Å²) in [5.41, 5.74) is 4.25. The number of rotatable bonds is 3. The van der Waals surface area contributed by atoms with Crippen LogP contribution in [0.2, 0.25) is 0 Å². The first kappa shape index (κ1) is 14.5. The van der Waals surface area contributed by atoms with Gasteiger partial charge >= 0.3 is 0 Å². The van der Waals surface area contributed by atoms with Crippen molar-refractivity contribution in [3.8, 4) is 0 Å². The third kappa shape index (κ3) is 2.28. The highest BCUT2D eigenvalue weighted by Crippen LogP contribution is 2.48. The molecule has 0 radical (unpaired) electrons. The van der Waals surface area contributed by atoms with Crippen molar-refractivity contribution < 1.29 is 4.92 Å². The lowest BCUT2D eigenvalue weighted by Crippen LogP contribution is -2.42. The molecule has 23 heavy (non-hydrogen) atoms. The number of benzene rings is 1. The van der Waals surface area contributed by atoms with Crippen LogP contribution in [0.1, 0.15) is 30.5 Å². The van der Waals surface area contributed by atoms with E-state index in [1.165, 1.54) is 0 Å². The summed E-state index contributed by atoms with van der Waals surface area (Å²) in [6.45, 7) is 0. The molecule has 1 aliphatic heterocycles. The number of nitro groups is 1. The molecule has 116 valence electrons. The van der Waals surface area contributed by atoms with E-state index in [4.69, 9.17) is 4.99 Å². The summed E-state index contributed by atoms with van der Waals surface area (Å²) in [6.07, 6.45) is 5.80. The summed E-state index contributed by atoms with van der Waals surface area (Å²) in [5, 5.41) is 10.9. The van der Waals surface area contributed by atoms with E-state index in [1.54, 1.807) is 18.3 Å². The Balaban J connectivity index is 1.71. The predicted octanol–water partition coefficient (Wildman–Crippen LogP) is 4.50. The fraction of sp³-hybridized carbons (Fsp3) is 0.294. The first-order chi connectivity index (χ1) is 11.1. The van der Waals surface area contributed by atoms with Crippen molar-refractivity contribution in [1.82, 2.24) is 4.98 Å². The Morgan fingerprint density at radius 1 is 1.22 bits per heavy atom. The monoisotopic (exact) mass is 371 g/mol. The number of aromatic nitrogens is 1. The van der Waals surface area contributed by atoms with E-state index in [-0.39, 0.29) is 16.0 Å². The zero-order chi connectivity index (χ0) is 16.0. The molecule has 2 heterocycles. The number of fused-ring (bicyclic) bond motifs is 1. The number of aliphatic imine (C=N–C) groups is 1. The van der Waals surface area contributed by atoms with Gasteiger partial charge in [-0.05, 0) is 40.4 Å². The number of nitro benzene ring substituents is 1. The zero-order valence-corrected chi connectivity index (χ0v) is 13.9. The van der Waals surface area contributed by atoms with Gasteiger partial charge in [-0.15, -0.1) is 0 Å². The van der Waals surface area contributed by atoms with Crippen molar-refractivity contribution in [2.24, 2.45) is 4.99 Å². The number of hydrogen-bond acceptors (Lipinski definition) is 4. The molecule has 0 amide bonds. The zero-order valence-electron chi connectivity index (χ0n) is 12.3. The minimum atomic E-state index is -0.360. The van der Waals surface area contributed by atoms with Crippen LogP contribution in [0.4, 0.5) is 11.4 Å². The Labute approximate surface area is 141 Å². The van der Waals surface area contributed by atoms with E-state index < -0.39 is 0 Å². The molecule has 1 saturated carbocycles. The molecule has 0 N–H and O–H groups in total. The van der Waals surface area contributed by atoms with Crippen LogP contribution in [-0.2, 0) is 11.8 Å². The van der Waals surface area contributed by atoms with E-state index in [0.29, 0.717) is 0 Å². The van der Waals surface area contributed by atoms with Gasteiger partial charge in [0.1, 0.15) is 0 Å². The summed E-state index contributed by atoms with van der Waals surface area (Å²) in [5.74, 6) is 0. The van der Waals surface area contributed by atoms with Gasteiger partial charge in [0.2, 0.25) is 0 Å². The normalized spacial score (nSPS) is 18.0. The maximum Gasteiger partial charge on any atom is 0.269 e. The molecular weight excluding hydrogens is 358 g/mol. The molecule has 0 unspecified atom stereocenters. The van der Waals surface area contributed by atoms with Gasteiger partial charge in [-0.1, -0.05) is 18.6 Å². The fourth-order valence-electron chi connectivity index (χ4n) is 3.49. The van der Waals surface area contributed by atoms with Crippen LogP contribution in [0.15, 0.2) is 46.0 Å². The summed E-state index contributed by atoms with van der Waals surface area (Å²) < 4.78 is 0.930. The summed E-state index contributed by atoms with van der Waals surface area (Å²) in [6, 6.07) is 8.94. The average molecular weight is 372 g/mol. The lowest BCUT2D eigenvalue weighted by molar-refractivity contribution is -0.384. The molecular formula is C17H14BrN3O2. The van der Waals surface area contributed by atoms with Gasteiger partial charge < -0.3 is 0 Å². The van der Waals surface area contributed by atoms with Gasteiger partial charge in [-0.25, -0.2) is 0 Å². The highest BCUT2D eigenvalue weighted by molar-refractivity contribution is 9.10. The summed E-state index contributed by atoms with van der Waals surface area (Å²) >= 11 is 3.44. The Kier molecular flexibility index (Phi) is 3.30. The smallest absolute Gasteiger partial charge is 0.258 e. The van der Waals surface area contributed by atoms with E-state index in [0.717, 1.165) is 52.8 Å². The number of halogens is 1. The molecule has 6 heteroatoms. The first-order valence-electron chi connectivity index (χ1n) is 7.56. The molecule has 2 aromatic rings. The molecule has 0 spiro atoms. The van der Waals surface area contributed by atoms with Crippen LogP contribution in [0.25, 0.3) is 0 Å². The minimum absolute atomic E-state index is 0.0810. The molecule has 1 aromatic carbocycles. The molecule has 1 aliphatic carbocycles. The lowest BCUT2D eigenvalue weighted by Gasteiger charge is -2.42. The fourth-order valence-corrected chi connectivity index (χ4v) is 3.81. The SMILES string of the molecule is O=[N+]([O-])c1ccc(C2(C3=Nc4cc(Br)cnc4C3)CCC2)cc1. The van der Waals surface area contributed by atoms with Crippen molar-refractivity contribution in [3.05, 3.63) is 62.4 Å². The van der Waals surface area contributed by atoms with E-state index >= 15 is 0 Å². The largest absolute Gasteiger partial charge is 0.269 e. The quantitative estimate of drug-likeness (QED) is 0.588. The second kappa shape index (κ2) is 5.23. The molecule has 4 rings (SSSR count). The third-order valence-corrected chi connectivity index (χ3v) is 5.33. The Morgan fingerprint density at radius 2 is 1.96 bits per heavy atom. The van der Waals surface area contributed by atoms with Crippen molar-refractivity contribution in [2.45, 2.75) is 31.1 Å². The van der Waals surface area contributed by atoms with Gasteiger partial charge in [0, 0.05) is 40.3 Å². The van der Waals surface area contributed by atoms with Gasteiger partial charge in [0.25, 0.3) is 5.69 Å². The van der Waals surface area contributed by atoms with Crippen LogP contribution in [0.3, 0.4) is 0 Å².